The number of nitrogens with one attached hydrogen (secondary N) is 2. The quantitative estimate of drug-likeness (QED) is 0.523. The molecule has 0 spiro atoms. The molecule has 8 nitrogen and oxygen atoms in total. The SMILES string of the molecule is C/C(=N\NC(=O)C[NH+]1CCN(S(=O)(=O)c2ccc(C)cc2)CC1)c1ccco1. The van der Waals surface area contributed by atoms with E-state index in [-0.39, 0.29) is 12.5 Å². The summed E-state index contributed by atoms with van der Waals surface area (Å²) in [6, 6.07) is 10.4. The molecule has 0 saturated carbocycles. The van der Waals surface area contributed by atoms with Gasteiger partial charge < -0.3 is 9.32 Å². The van der Waals surface area contributed by atoms with Gasteiger partial charge in [0.1, 0.15) is 11.5 Å². The van der Waals surface area contributed by atoms with E-state index in [2.05, 4.69) is 10.5 Å². The standard InChI is InChI=1S/C19H24N4O4S/c1-15-5-7-17(8-6-15)28(25,26)23-11-9-22(10-12-23)14-19(24)21-20-16(2)18-4-3-13-27-18/h3-8,13H,9-12,14H2,1-2H3,(H,21,24)/p+1/b20-16+. The number of benzene rings is 1. The Kier molecular flexibility index (Phi) is 6.28. The molecule has 28 heavy (non-hydrogen) atoms. The van der Waals surface area contributed by atoms with Crippen LogP contribution in [0.1, 0.15) is 18.2 Å². The molecule has 0 unspecified atom stereocenters. The fraction of sp³-hybridized carbons (Fsp3) is 0.368. The van der Waals surface area contributed by atoms with E-state index in [9.17, 15) is 13.2 Å². The zero-order valence-corrected chi connectivity index (χ0v) is 16.8. The first-order chi connectivity index (χ1) is 13.4. The molecular formula is C19H25N4O4S+. The molecule has 1 amide bonds. The lowest BCUT2D eigenvalue weighted by Gasteiger charge is -2.31. The molecule has 1 aliphatic heterocycles. The molecule has 0 aliphatic carbocycles. The van der Waals surface area contributed by atoms with Crippen LogP contribution >= 0.6 is 0 Å². The molecule has 1 fully saturated rings. The van der Waals surface area contributed by atoms with E-state index in [1.807, 2.05) is 6.92 Å². The molecule has 2 aromatic rings. The fourth-order valence-corrected chi connectivity index (χ4v) is 4.47. The van der Waals surface area contributed by atoms with Crippen LogP contribution in [0.15, 0.2) is 57.1 Å². The molecule has 1 saturated heterocycles. The second-order valence-electron chi connectivity index (χ2n) is 6.85. The van der Waals surface area contributed by atoms with Crippen LogP contribution in [0.25, 0.3) is 0 Å². The van der Waals surface area contributed by atoms with Gasteiger partial charge in [0.15, 0.2) is 6.54 Å². The fourth-order valence-electron chi connectivity index (χ4n) is 3.03. The maximum absolute atomic E-state index is 12.7. The minimum atomic E-state index is -3.49. The summed E-state index contributed by atoms with van der Waals surface area (Å²) in [5.41, 5.74) is 4.13. The molecule has 1 aliphatic rings. The van der Waals surface area contributed by atoms with E-state index in [1.165, 1.54) is 4.31 Å². The van der Waals surface area contributed by atoms with Crippen LogP contribution in [-0.2, 0) is 14.8 Å². The second kappa shape index (κ2) is 8.68. The Bertz CT molecular complexity index is 929. The minimum Gasteiger partial charge on any atom is -0.463 e. The lowest BCUT2D eigenvalue weighted by atomic mass is 10.2. The summed E-state index contributed by atoms with van der Waals surface area (Å²) < 4.78 is 32.2. The number of furan rings is 1. The number of quaternary nitrogens is 1. The Morgan fingerprint density at radius 2 is 1.89 bits per heavy atom. The van der Waals surface area contributed by atoms with Crippen molar-refractivity contribution in [3.63, 3.8) is 0 Å². The second-order valence-corrected chi connectivity index (χ2v) is 8.79. The summed E-state index contributed by atoms with van der Waals surface area (Å²) >= 11 is 0. The van der Waals surface area contributed by atoms with Crippen LogP contribution in [0.3, 0.4) is 0 Å². The molecule has 2 N–H and O–H groups in total. The number of rotatable bonds is 6. The van der Waals surface area contributed by atoms with Crippen molar-refractivity contribution in [3.8, 4) is 0 Å². The van der Waals surface area contributed by atoms with Crippen molar-refractivity contribution in [2.24, 2.45) is 5.10 Å². The number of sulfonamides is 1. The third-order valence-corrected chi connectivity index (χ3v) is 6.64. The van der Waals surface area contributed by atoms with Crippen LogP contribution in [0.4, 0.5) is 0 Å². The van der Waals surface area contributed by atoms with Gasteiger partial charge in [0.25, 0.3) is 5.91 Å². The van der Waals surface area contributed by atoms with Crippen molar-refractivity contribution in [2.45, 2.75) is 18.7 Å². The molecule has 3 rings (SSSR count). The van der Waals surface area contributed by atoms with Crippen LogP contribution < -0.4 is 10.3 Å². The van der Waals surface area contributed by atoms with Crippen molar-refractivity contribution in [1.29, 1.82) is 0 Å². The Balaban J connectivity index is 1.50. The number of piperazine rings is 1. The van der Waals surface area contributed by atoms with Crippen LogP contribution in [0.2, 0.25) is 0 Å². The lowest BCUT2D eigenvalue weighted by Crippen LogP contribution is -3.15. The Morgan fingerprint density at radius 3 is 2.50 bits per heavy atom. The molecule has 2 heterocycles. The van der Waals surface area contributed by atoms with E-state index < -0.39 is 10.0 Å². The van der Waals surface area contributed by atoms with Gasteiger partial charge in [-0.15, -0.1) is 0 Å². The molecule has 0 radical (unpaired) electrons. The lowest BCUT2D eigenvalue weighted by molar-refractivity contribution is -0.895. The molecule has 150 valence electrons. The van der Waals surface area contributed by atoms with Gasteiger partial charge in [0.05, 0.1) is 37.3 Å². The first-order valence-electron chi connectivity index (χ1n) is 9.13. The van der Waals surface area contributed by atoms with Gasteiger partial charge in [-0.3, -0.25) is 4.79 Å². The topological polar surface area (TPSA) is 96.4 Å². The number of nitrogens with zero attached hydrogens (tertiary/aromatic N) is 2. The van der Waals surface area contributed by atoms with Gasteiger partial charge in [-0.05, 0) is 38.1 Å². The third-order valence-electron chi connectivity index (χ3n) is 4.72. The first-order valence-corrected chi connectivity index (χ1v) is 10.6. The predicted octanol–water partition coefficient (Wildman–Crippen LogP) is 0.0176. The molecule has 1 aromatic heterocycles. The van der Waals surface area contributed by atoms with Gasteiger partial charge in [-0.25, -0.2) is 13.8 Å². The Hall–Kier alpha value is -2.49. The molecule has 9 heteroatoms. The smallest absolute Gasteiger partial charge is 0.295 e. The van der Waals surface area contributed by atoms with Crippen molar-refractivity contribution in [1.82, 2.24) is 9.73 Å². The zero-order chi connectivity index (χ0) is 20.1. The largest absolute Gasteiger partial charge is 0.463 e. The van der Waals surface area contributed by atoms with Crippen LogP contribution in [0.5, 0.6) is 0 Å². The Morgan fingerprint density at radius 1 is 1.21 bits per heavy atom. The number of hydrogen-bond donors (Lipinski definition) is 2. The maximum Gasteiger partial charge on any atom is 0.295 e. The predicted molar refractivity (Wildman–Crippen MR) is 105 cm³/mol. The number of hydrazone groups is 1. The summed E-state index contributed by atoms with van der Waals surface area (Å²) in [5.74, 6) is 0.387. The monoisotopic (exact) mass is 405 g/mol. The highest BCUT2D eigenvalue weighted by molar-refractivity contribution is 7.89. The van der Waals surface area contributed by atoms with Crippen molar-refractivity contribution in [2.75, 3.05) is 32.7 Å². The van der Waals surface area contributed by atoms with E-state index in [4.69, 9.17) is 4.42 Å². The number of carbonyl (C=O) groups excluding carboxylic acids is 1. The van der Waals surface area contributed by atoms with E-state index >= 15 is 0 Å². The average Bonchev–Trinajstić information content (AvgIpc) is 3.22. The van der Waals surface area contributed by atoms with Gasteiger partial charge in [-0.1, -0.05) is 17.7 Å². The van der Waals surface area contributed by atoms with Crippen molar-refractivity contribution in [3.05, 3.63) is 54.0 Å². The molecule has 0 bridgehead atoms. The van der Waals surface area contributed by atoms with Crippen LogP contribution in [-0.4, -0.2) is 57.1 Å². The van der Waals surface area contributed by atoms with Gasteiger partial charge >= 0.3 is 0 Å². The summed E-state index contributed by atoms with van der Waals surface area (Å²) in [6.07, 6.45) is 1.55. The maximum atomic E-state index is 12.7. The van der Waals surface area contributed by atoms with Gasteiger partial charge in [0, 0.05) is 0 Å². The number of hydrogen-bond acceptors (Lipinski definition) is 5. The van der Waals surface area contributed by atoms with E-state index in [1.54, 1.807) is 49.6 Å². The number of aryl methyl sites for hydroxylation is 1. The summed E-state index contributed by atoms with van der Waals surface area (Å²) in [5, 5.41) is 4.04. The average molecular weight is 406 g/mol. The van der Waals surface area contributed by atoms with E-state index in [0.29, 0.717) is 42.5 Å². The number of amides is 1. The zero-order valence-electron chi connectivity index (χ0n) is 16.0. The molecular weight excluding hydrogens is 380 g/mol. The minimum absolute atomic E-state index is 0.212. The number of carbonyl (C=O) groups is 1. The summed E-state index contributed by atoms with van der Waals surface area (Å²) in [4.78, 5) is 13.4. The summed E-state index contributed by atoms with van der Waals surface area (Å²) in [7, 11) is -3.49. The van der Waals surface area contributed by atoms with Gasteiger partial charge in [0.2, 0.25) is 10.0 Å². The third kappa shape index (κ3) is 4.86. The molecule has 1 aromatic carbocycles. The normalized spacial score (nSPS) is 16.9. The highest BCUT2D eigenvalue weighted by Crippen LogP contribution is 2.16. The summed E-state index contributed by atoms with van der Waals surface area (Å²) in [6.45, 7) is 5.82. The molecule has 0 atom stereocenters. The highest BCUT2D eigenvalue weighted by atomic mass is 32.2. The van der Waals surface area contributed by atoms with Crippen LogP contribution in [0, 0.1) is 6.92 Å². The van der Waals surface area contributed by atoms with Gasteiger partial charge in [-0.2, -0.15) is 9.41 Å². The van der Waals surface area contributed by atoms with E-state index in [0.717, 1.165) is 10.5 Å². The van der Waals surface area contributed by atoms with Crippen molar-refractivity contribution >= 4 is 21.6 Å². The first kappa shape index (κ1) is 20.2. The Labute approximate surface area is 164 Å². The highest BCUT2D eigenvalue weighted by Gasteiger charge is 2.31. The van der Waals surface area contributed by atoms with Crippen molar-refractivity contribution < 1.29 is 22.5 Å².